The summed E-state index contributed by atoms with van der Waals surface area (Å²) in [6.07, 6.45) is 0. The highest BCUT2D eigenvalue weighted by molar-refractivity contribution is 6.61. The van der Waals surface area contributed by atoms with Crippen molar-refractivity contribution in [1.29, 1.82) is 0 Å². The quantitative estimate of drug-likeness (QED) is 0.700. The van der Waals surface area contributed by atoms with Gasteiger partial charge in [0.05, 0.1) is 22.5 Å². The predicted octanol–water partition coefficient (Wildman–Crippen LogP) is 1.02. The fraction of sp³-hybridized carbons (Fsp3) is 0.700. The Morgan fingerprint density at radius 3 is 2.13 bits per heavy atom. The fourth-order valence-corrected chi connectivity index (χ4v) is 1.53. The molecular weight excluding hydrogens is 191 g/mol. The number of aromatic amines is 1. The van der Waals surface area contributed by atoms with Gasteiger partial charge >= 0.3 is 7.12 Å². The smallest absolute Gasteiger partial charge is 0.398 e. The second-order valence-corrected chi connectivity index (χ2v) is 5.05. The van der Waals surface area contributed by atoms with E-state index in [9.17, 15) is 0 Å². The molecule has 82 valence electrons. The highest BCUT2D eigenvalue weighted by atomic mass is 16.7. The van der Waals surface area contributed by atoms with Crippen molar-refractivity contribution in [2.75, 3.05) is 0 Å². The standard InChI is InChI=1S/C10H17BN2O2/c1-7-6-8(13-12-7)11-14-9(2,3)10(4,5)15-11/h6H,1-5H3,(H,12,13). The number of nitrogens with zero attached hydrogens (tertiary/aromatic N) is 1. The van der Waals surface area contributed by atoms with Gasteiger partial charge in [-0.3, -0.25) is 5.10 Å². The number of nitrogens with one attached hydrogen (secondary N) is 1. The Labute approximate surface area is 90.5 Å². The van der Waals surface area contributed by atoms with Crippen molar-refractivity contribution in [3.63, 3.8) is 0 Å². The van der Waals surface area contributed by atoms with E-state index in [0.717, 1.165) is 11.3 Å². The van der Waals surface area contributed by atoms with E-state index < -0.39 is 0 Å². The molecule has 1 N–H and O–H groups in total. The summed E-state index contributed by atoms with van der Waals surface area (Å²) in [7, 11) is -0.337. The lowest BCUT2D eigenvalue weighted by atomic mass is 9.85. The molecule has 1 aromatic heterocycles. The Bertz CT molecular complexity index is 357. The summed E-state index contributed by atoms with van der Waals surface area (Å²) in [4.78, 5) is 0. The SMILES string of the molecule is Cc1cc(B2OC(C)(C)C(C)(C)O2)[nH]n1. The highest BCUT2D eigenvalue weighted by Gasteiger charge is 2.52. The molecule has 1 fully saturated rings. The van der Waals surface area contributed by atoms with Gasteiger partial charge in [-0.2, -0.15) is 5.10 Å². The molecule has 5 heteroatoms. The zero-order chi connectivity index (χ0) is 11.3. The average Bonchev–Trinajstić information content (AvgIpc) is 2.56. The Balaban J connectivity index is 2.23. The molecule has 0 unspecified atom stereocenters. The number of hydrogen-bond acceptors (Lipinski definition) is 3. The summed E-state index contributed by atoms with van der Waals surface area (Å²) in [6.45, 7) is 10.1. The number of rotatable bonds is 1. The summed E-state index contributed by atoms with van der Waals surface area (Å²) >= 11 is 0. The van der Waals surface area contributed by atoms with Crippen LogP contribution in [0.1, 0.15) is 33.4 Å². The van der Waals surface area contributed by atoms with E-state index in [-0.39, 0.29) is 18.3 Å². The van der Waals surface area contributed by atoms with Gasteiger partial charge < -0.3 is 9.31 Å². The van der Waals surface area contributed by atoms with Gasteiger partial charge in [0.15, 0.2) is 0 Å². The van der Waals surface area contributed by atoms with E-state index in [1.54, 1.807) is 0 Å². The molecule has 0 atom stereocenters. The van der Waals surface area contributed by atoms with Gasteiger partial charge in [0.25, 0.3) is 0 Å². The molecule has 1 saturated heterocycles. The third-order valence-electron chi connectivity index (χ3n) is 3.23. The Hall–Kier alpha value is -0.805. The number of aryl methyl sites for hydroxylation is 1. The van der Waals surface area contributed by atoms with Crippen molar-refractivity contribution in [3.05, 3.63) is 11.8 Å². The van der Waals surface area contributed by atoms with Crippen LogP contribution in [0.15, 0.2) is 6.07 Å². The molecule has 2 rings (SSSR count). The second kappa shape index (κ2) is 3.09. The fourth-order valence-electron chi connectivity index (χ4n) is 1.53. The van der Waals surface area contributed by atoms with Crippen LogP contribution in [0.5, 0.6) is 0 Å². The molecule has 0 bridgehead atoms. The molecule has 1 aliphatic rings. The molecule has 2 heterocycles. The lowest BCUT2D eigenvalue weighted by molar-refractivity contribution is 0.00578. The van der Waals surface area contributed by atoms with E-state index in [4.69, 9.17) is 9.31 Å². The van der Waals surface area contributed by atoms with E-state index in [1.807, 2.05) is 40.7 Å². The van der Waals surface area contributed by atoms with Crippen LogP contribution in [0.4, 0.5) is 0 Å². The summed E-state index contributed by atoms with van der Waals surface area (Å²) in [5.41, 5.74) is 1.23. The molecule has 4 nitrogen and oxygen atoms in total. The van der Waals surface area contributed by atoms with E-state index in [2.05, 4.69) is 10.2 Å². The van der Waals surface area contributed by atoms with Crippen molar-refractivity contribution in [2.45, 2.75) is 45.8 Å². The van der Waals surface area contributed by atoms with E-state index >= 15 is 0 Å². The lowest BCUT2D eigenvalue weighted by Crippen LogP contribution is -2.41. The molecule has 0 radical (unpaired) electrons. The zero-order valence-electron chi connectivity index (χ0n) is 9.92. The zero-order valence-corrected chi connectivity index (χ0v) is 9.92. The van der Waals surface area contributed by atoms with Crippen molar-refractivity contribution in [3.8, 4) is 0 Å². The maximum Gasteiger partial charge on any atom is 0.513 e. The van der Waals surface area contributed by atoms with Gasteiger partial charge in [-0.05, 0) is 40.7 Å². The number of H-pyrrole nitrogens is 1. The van der Waals surface area contributed by atoms with Gasteiger partial charge in [0, 0.05) is 0 Å². The predicted molar refractivity (Wildman–Crippen MR) is 59.0 cm³/mol. The van der Waals surface area contributed by atoms with Gasteiger partial charge in [-0.15, -0.1) is 0 Å². The first-order valence-corrected chi connectivity index (χ1v) is 5.19. The minimum Gasteiger partial charge on any atom is -0.398 e. The van der Waals surface area contributed by atoms with Crippen LogP contribution in [-0.4, -0.2) is 28.5 Å². The molecule has 0 aliphatic carbocycles. The van der Waals surface area contributed by atoms with Crippen LogP contribution in [0, 0.1) is 6.92 Å². The first-order chi connectivity index (χ1) is 6.82. The number of hydrogen-bond donors (Lipinski definition) is 1. The normalized spacial score (nSPS) is 23.4. The molecule has 1 aliphatic heterocycles. The topological polar surface area (TPSA) is 47.1 Å². The highest BCUT2D eigenvalue weighted by Crippen LogP contribution is 2.36. The molecule has 0 amide bonds. The van der Waals surface area contributed by atoms with Gasteiger partial charge in [0.2, 0.25) is 0 Å². The van der Waals surface area contributed by atoms with Crippen LogP contribution in [0.3, 0.4) is 0 Å². The monoisotopic (exact) mass is 208 g/mol. The maximum absolute atomic E-state index is 5.87. The van der Waals surface area contributed by atoms with Crippen molar-refractivity contribution >= 4 is 12.7 Å². The maximum atomic E-state index is 5.87. The third kappa shape index (κ3) is 1.70. The summed E-state index contributed by atoms with van der Waals surface area (Å²) in [5.74, 6) is 0. The Morgan fingerprint density at radius 2 is 1.73 bits per heavy atom. The molecule has 0 aromatic carbocycles. The minimum atomic E-state index is -0.337. The lowest BCUT2D eigenvalue weighted by Gasteiger charge is -2.32. The number of aromatic nitrogens is 2. The summed E-state index contributed by atoms with van der Waals surface area (Å²) < 4.78 is 11.7. The van der Waals surface area contributed by atoms with Gasteiger partial charge in [0.1, 0.15) is 0 Å². The third-order valence-corrected chi connectivity index (χ3v) is 3.23. The van der Waals surface area contributed by atoms with Crippen molar-refractivity contribution < 1.29 is 9.31 Å². The van der Waals surface area contributed by atoms with Crippen molar-refractivity contribution in [2.24, 2.45) is 0 Å². The first-order valence-electron chi connectivity index (χ1n) is 5.19. The summed E-state index contributed by atoms with van der Waals surface area (Å²) in [5, 5.41) is 6.99. The molecule has 0 spiro atoms. The van der Waals surface area contributed by atoms with Crippen LogP contribution in [0.25, 0.3) is 0 Å². The molecule has 1 aromatic rings. The molecular formula is C10H17BN2O2. The Kier molecular flexibility index (Phi) is 2.21. The Morgan fingerprint density at radius 1 is 1.20 bits per heavy atom. The van der Waals surface area contributed by atoms with E-state index in [0.29, 0.717) is 0 Å². The molecule has 15 heavy (non-hydrogen) atoms. The first kappa shape index (κ1) is 10.7. The van der Waals surface area contributed by atoms with Crippen LogP contribution in [-0.2, 0) is 9.31 Å². The van der Waals surface area contributed by atoms with E-state index in [1.165, 1.54) is 0 Å². The molecule has 0 saturated carbocycles. The van der Waals surface area contributed by atoms with Gasteiger partial charge in [-0.1, -0.05) is 0 Å². The largest absolute Gasteiger partial charge is 0.513 e. The van der Waals surface area contributed by atoms with Crippen LogP contribution in [0.2, 0.25) is 0 Å². The second-order valence-electron chi connectivity index (χ2n) is 5.05. The average molecular weight is 208 g/mol. The van der Waals surface area contributed by atoms with Gasteiger partial charge in [-0.25, -0.2) is 0 Å². The summed E-state index contributed by atoms with van der Waals surface area (Å²) in [6, 6.07) is 1.95. The van der Waals surface area contributed by atoms with Crippen LogP contribution >= 0.6 is 0 Å². The van der Waals surface area contributed by atoms with Crippen LogP contribution < -0.4 is 5.59 Å². The van der Waals surface area contributed by atoms with Crippen molar-refractivity contribution in [1.82, 2.24) is 10.2 Å². The minimum absolute atomic E-state index is 0.295.